The highest BCUT2D eigenvalue weighted by Crippen LogP contribution is 2.15. The predicted molar refractivity (Wildman–Crippen MR) is 83.6 cm³/mol. The van der Waals surface area contributed by atoms with E-state index in [1.807, 2.05) is 37.3 Å². The van der Waals surface area contributed by atoms with Gasteiger partial charge in [-0.25, -0.2) is 9.59 Å². The maximum atomic E-state index is 12.0. The van der Waals surface area contributed by atoms with Crippen LogP contribution in [0.2, 0.25) is 0 Å². The first-order chi connectivity index (χ1) is 10.6. The highest BCUT2D eigenvalue weighted by atomic mass is 16.5. The molecule has 0 unspecified atom stereocenters. The van der Waals surface area contributed by atoms with E-state index in [1.54, 1.807) is 19.2 Å². The molecule has 0 saturated heterocycles. The summed E-state index contributed by atoms with van der Waals surface area (Å²) in [5, 5.41) is 0.410. The molecule has 0 bridgehead atoms. The van der Waals surface area contributed by atoms with E-state index in [0.717, 1.165) is 16.9 Å². The number of nitrogens with zero attached hydrogens (tertiary/aromatic N) is 1. The Morgan fingerprint density at radius 3 is 2.50 bits per heavy atom. The first kappa shape index (κ1) is 14.1. The first-order valence-corrected chi connectivity index (χ1v) is 6.86. The summed E-state index contributed by atoms with van der Waals surface area (Å²) in [5.41, 5.74) is 1.82. The van der Waals surface area contributed by atoms with E-state index in [0.29, 0.717) is 17.4 Å². The van der Waals surface area contributed by atoms with Crippen LogP contribution in [0.3, 0.4) is 0 Å². The topological polar surface area (TPSA) is 61.4 Å². The van der Waals surface area contributed by atoms with Crippen molar-refractivity contribution in [1.29, 1.82) is 0 Å². The second-order valence-electron chi connectivity index (χ2n) is 5.11. The number of aryl methyl sites for hydroxylation is 1. The van der Waals surface area contributed by atoms with Gasteiger partial charge in [0, 0.05) is 0 Å². The number of aromatic nitrogens is 1. The third-order valence-corrected chi connectivity index (χ3v) is 3.56. The van der Waals surface area contributed by atoms with Gasteiger partial charge in [0.1, 0.15) is 5.75 Å². The zero-order valence-corrected chi connectivity index (χ0v) is 12.3. The van der Waals surface area contributed by atoms with E-state index in [4.69, 9.17) is 9.15 Å². The van der Waals surface area contributed by atoms with Crippen molar-refractivity contribution in [2.45, 2.75) is 13.5 Å². The van der Waals surface area contributed by atoms with Crippen molar-refractivity contribution in [2.24, 2.45) is 0 Å². The molecule has 0 aliphatic rings. The van der Waals surface area contributed by atoms with Gasteiger partial charge in [0.05, 0.1) is 24.6 Å². The average Bonchev–Trinajstić information content (AvgIpc) is 2.52. The van der Waals surface area contributed by atoms with Crippen molar-refractivity contribution in [2.75, 3.05) is 7.11 Å². The normalized spacial score (nSPS) is 10.8. The van der Waals surface area contributed by atoms with Crippen molar-refractivity contribution >= 4 is 10.9 Å². The molecule has 0 radical (unpaired) electrons. The van der Waals surface area contributed by atoms with Gasteiger partial charge in [0.2, 0.25) is 0 Å². The minimum atomic E-state index is -0.655. The Kier molecular flexibility index (Phi) is 3.55. The first-order valence-electron chi connectivity index (χ1n) is 6.86. The third-order valence-electron chi connectivity index (χ3n) is 3.56. The van der Waals surface area contributed by atoms with Crippen molar-refractivity contribution in [3.8, 4) is 5.75 Å². The summed E-state index contributed by atoms with van der Waals surface area (Å²) < 4.78 is 11.4. The molecule has 0 N–H and O–H groups in total. The summed E-state index contributed by atoms with van der Waals surface area (Å²) in [6, 6.07) is 12.8. The molecule has 0 aliphatic carbocycles. The fraction of sp³-hybridized carbons (Fsp3) is 0.176. The molecular formula is C17H15NO4. The van der Waals surface area contributed by atoms with Gasteiger partial charge in [-0.2, -0.15) is 0 Å². The number of ether oxygens (including phenoxy) is 1. The van der Waals surface area contributed by atoms with Gasteiger partial charge in [-0.05, 0) is 36.8 Å². The molecule has 0 atom stereocenters. The van der Waals surface area contributed by atoms with Crippen LogP contribution in [0.1, 0.15) is 11.1 Å². The van der Waals surface area contributed by atoms with Crippen molar-refractivity contribution in [3.63, 3.8) is 0 Å². The van der Waals surface area contributed by atoms with Crippen LogP contribution in [0.4, 0.5) is 0 Å². The monoisotopic (exact) mass is 297 g/mol. The summed E-state index contributed by atoms with van der Waals surface area (Å²) in [6.45, 7) is 2.21. The minimum absolute atomic E-state index is 0.326. The van der Waals surface area contributed by atoms with Crippen LogP contribution in [0, 0.1) is 6.92 Å². The Morgan fingerprint density at radius 2 is 1.82 bits per heavy atom. The van der Waals surface area contributed by atoms with Crippen molar-refractivity contribution in [1.82, 2.24) is 4.57 Å². The van der Waals surface area contributed by atoms with E-state index < -0.39 is 11.4 Å². The molecule has 0 saturated carbocycles. The van der Waals surface area contributed by atoms with Gasteiger partial charge < -0.3 is 9.15 Å². The van der Waals surface area contributed by atoms with Gasteiger partial charge in [0.25, 0.3) is 0 Å². The highest BCUT2D eigenvalue weighted by molar-refractivity contribution is 5.78. The zero-order chi connectivity index (χ0) is 15.7. The number of methoxy groups -OCH3 is 1. The highest BCUT2D eigenvalue weighted by Gasteiger charge is 2.10. The molecule has 3 aromatic rings. The fourth-order valence-corrected chi connectivity index (χ4v) is 2.40. The Hall–Kier alpha value is -2.82. The molecule has 1 aromatic heterocycles. The molecule has 2 aromatic carbocycles. The van der Waals surface area contributed by atoms with Gasteiger partial charge in [-0.3, -0.25) is 4.57 Å². The number of rotatable bonds is 3. The van der Waals surface area contributed by atoms with Gasteiger partial charge in [-0.1, -0.05) is 23.8 Å². The lowest BCUT2D eigenvalue weighted by molar-refractivity contribution is 0.414. The van der Waals surface area contributed by atoms with Crippen LogP contribution in [0.15, 0.2) is 56.5 Å². The second-order valence-corrected chi connectivity index (χ2v) is 5.11. The van der Waals surface area contributed by atoms with Crippen molar-refractivity contribution < 1.29 is 9.15 Å². The third kappa shape index (κ3) is 2.53. The predicted octanol–water partition coefficient (Wildman–Crippen LogP) is 2.32. The lowest BCUT2D eigenvalue weighted by Gasteiger charge is -2.09. The molecule has 3 rings (SSSR count). The second kappa shape index (κ2) is 5.52. The lowest BCUT2D eigenvalue weighted by atomic mass is 10.1. The van der Waals surface area contributed by atoms with E-state index in [1.165, 1.54) is 4.57 Å². The van der Waals surface area contributed by atoms with E-state index in [-0.39, 0.29) is 0 Å². The quantitative estimate of drug-likeness (QED) is 0.744. The fourth-order valence-electron chi connectivity index (χ4n) is 2.40. The standard InChI is InChI=1S/C17H15NO4/c1-11-3-8-15-14(9-11)16(19)22-17(20)18(15)10-12-4-6-13(21-2)7-5-12/h3-9H,10H2,1-2H3. The van der Waals surface area contributed by atoms with E-state index >= 15 is 0 Å². The molecule has 1 heterocycles. The summed E-state index contributed by atoms with van der Waals surface area (Å²) in [6.07, 6.45) is 0. The molecule has 5 heteroatoms. The van der Waals surface area contributed by atoms with Crippen LogP contribution in [0.25, 0.3) is 10.9 Å². The Balaban J connectivity index is 2.13. The summed E-state index contributed by atoms with van der Waals surface area (Å²) in [4.78, 5) is 23.9. The molecule has 0 fully saturated rings. The number of fused-ring (bicyclic) bond motifs is 1. The van der Waals surface area contributed by atoms with Crippen LogP contribution < -0.4 is 16.1 Å². The zero-order valence-electron chi connectivity index (χ0n) is 12.3. The molecule has 5 nitrogen and oxygen atoms in total. The largest absolute Gasteiger partial charge is 0.497 e. The molecule has 112 valence electrons. The lowest BCUT2D eigenvalue weighted by Crippen LogP contribution is -2.25. The van der Waals surface area contributed by atoms with Crippen LogP contribution >= 0.6 is 0 Å². The van der Waals surface area contributed by atoms with E-state index in [9.17, 15) is 9.59 Å². The van der Waals surface area contributed by atoms with Crippen LogP contribution in [0.5, 0.6) is 5.75 Å². The number of hydrogen-bond donors (Lipinski definition) is 0. The van der Waals surface area contributed by atoms with Crippen LogP contribution in [-0.4, -0.2) is 11.7 Å². The Labute approximate surface area is 126 Å². The number of hydrogen-bond acceptors (Lipinski definition) is 4. The van der Waals surface area contributed by atoms with Crippen LogP contribution in [-0.2, 0) is 6.54 Å². The van der Waals surface area contributed by atoms with Gasteiger partial charge in [-0.15, -0.1) is 0 Å². The Morgan fingerprint density at radius 1 is 1.09 bits per heavy atom. The van der Waals surface area contributed by atoms with Gasteiger partial charge in [0.15, 0.2) is 0 Å². The Bertz CT molecular complexity index is 936. The smallest absolute Gasteiger partial charge is 0.422 e. The summed E-state index contributed by atoms with van der Waals surface area (Å²) in [7, 11) is 1.60. The number of benzene rings is 2. The SMILES string of the molecule is COc1ccc(Cn2c(=O)oc(=O)c3cc(C)ccc32)cc1. The van der Waals surface area contributed by atoms with Crippen molar-refractivity contribution in [3.05, 3.63) is 74.6 Å². The van der Waals surface area contributed by atoms with Gasteiger partial charge >= 0.3 is 11.4 Å². The molecule has 0 amide bonds. The molecule has 0 aliphatic heterocycles. The molecule has 22 heavy (non-hydrogen) atoms. The molecular weight excluding hydrogens is 282 g/mol. The molecule has 0 spiro atoms. The maximum Gasteiger partial charge on any atom is 0.422 e. The maximum absolute atomic E-state index is 12.0. The minimum Gasteiger partial charge on any atom is -0.497 e. The summed E-state index contributed by atoms with van der Waals surface area (Å²) in [5.74, 6) is 0.0911. The average molecular weight is 297 g/mol. The van der Waals surface area contributed by atoms with E-state index in [2.05, 4.69) is 0 Å². The summed E-state index contributed by atoms with van der Waals surface area (Å²) >= 11 is 0.